The molecule has 7 heteroatoms. The molecule has 3 rings (SSSR count). The van der Waals surface area contributed by atoms with Crippen LogP contribution in [0.3, 0.4) is 0 Å². The Kier molecular flexibility index (Phi) is 4.35. The first-order valence-electron chi connectivity index (χ1n) is 7.58. The van der Waals surface area contributed by atoms with Crippen LogP contribution in [0.1, 0.15) is 29.7 Å². The average molecular weight is 327 g/mol. The van der Waals surface area contributed by atoms with Gasteiger partial charge < -0.3 is 5.11 Å². The van der Waals surface area contributed by atoms with Gasteiger partial charge in [0.1, 0.15) is 24.6 Å². The lowest BCUT2D eigenvalue weighted by molar-refractivity contribution is -0.0102. The number of hydrogen-bond donors (Lipinski definition) is 1. The van der Waals surface area contributed by atoms with Gasteiger partial charge in [-0.05, 0) is 12.5 Å². The lowest BCUT2D eigenvalue weighted by atomic mass is 9.80. The first kappa shape index (κ1) is 16.2. The monoisotopic (exact) mass is 327 g/mol. The van der Waals surface area contributed by atoms with Crippen LogP contribution in [0.2, 0.25) is 0 Å². The number of aryl methyl sites for hydroxylation is 1. The van der Waals surface area contributed by atoms with Crippen molar-refractivity contribution in [2.75, 3.05) is 0 Å². The van der Waals surface area contributed by atoms with Gasteiger partial charge in [-0.2, -0.15) is 5.10 Å². The van der Waals surface area contributed by atoms with E-state index >= 15 is 0 Å². The minimum Gasteiger partial charge on any atom is -0.383 e. The predicted molar refractivity (Wildman–Crippen MR) is 85.5 cm³/mol. The zero-order chi connectivity index (χ0) is 17.2. The summed E-state index contributed by atoms with van der Waals surface area (Å²) in [5.74, 6) is -1.17. The Morgan fingerprint density at radius 1 is 1.21 bits per heavy atom. The maximum absolute atomic E-state index is 14.2. The number of halogens is 1. The van der Waals surface area contributed by atoms with E-state index in [4.69, 9.17) is 0 Å². The predicted octanol–water partition coefficient (Wildman–Crippen LogP) is 2.21. The highest BCUT2D eigenvalue weighted by Crippen LogP contribution is 2.38. The molecule has 2 atom stereocenters. The molecule has 124 valence electrons. The van der Waals surface area contributed by atoms with Crippen molar-refractivity contribution >= 4 is 0 Å². The number of rotatable bonds is 5. The van der Waals surface area contributed by atoms with Gasteiger partial charge in [0.2, 0.25) is 0 Å². The number of benzene rings is 1. The van der Waals surface area contributed by atoms with Gasteiger partial charge in [0.05, 0.1) is 18.4 Å². The zero-order valence-electron chi connectivity index (χ0n) is 13.5. The highest BCUT2D eigenvalue weighted by atomic mass is 19.1. The van der Waals surface area contributed by atoms with Crippen LogP contribution in [0.5, 0.6) is 0 Å². The van der Waals surface area contributed by atoms with Crippen molar-refractivity contribution in [1.82, 2.24) is 24.7 Å². The van der Waals surface area contributed by atoms with Gasteiger partial charge in [0.25, 0.3) is 0 Å². The van der Waals surface area contributed by atoms with Gasteiger partial charge in [-0.15, -0.1) is 0 Å². The molecule has 0 fully saturated rings. The van der Waals surface area contributed by atoms with Gasteiger partial charge >= 0.3 is 0 Å². The molecule has 0 aliphatic carbocycles. The van der Waals surface area contributed by atoms with Gasteiger partial charge in [0, 0.05) is 5.92 Å². The fraction of sp³-hybridized carbons (Fsp3) is 0.294. The Hall–Kier alpha value is -2.67. The van der Waals surface area contributed by atoms with E-state index in [2.05, 4.69) is 20.1 Å². The third kappa shape index (κ3) is 3.03. The first-order valence-corrected chi connectivity index (χ1v) is 7.58. The van der Waals surface area contributed by atoms with Gasteiger partial charge in [-0.1, -0.05) is 36.8 Å². The SMILES string of the molecule is Cc1ccc(C(O)(Cn2cncn2)C(C)c2ncncc2F)cc1. The van der Waals surface area contributed by atoms with Crippen molar-refractivity contribution in [2.24, 2.45) is 0 Å². The van der Waals surface area contributed by atoms with Crippen LogP contribution in [0.15, 0.2) is 49.4 Å². The van der Waals surface area contributed by atoms with Gasteiger partial charge in [0.15, 0.2) is 5.82 Å². The summed E-state index contributed by atoms with van der Waals surface area (Å²) in [5.41, 5.74) is 0.487. The van der Waals surface area contributed by atoms with Gasteiger partial charge in [-0.25, -0.2) is 24.0 Å². The van der Waals surface area contributed by atoms with E-state index in [9.17, 15) is 9.50 Å². The van der Waals surface area contributed by atoms with E-state index in [0.717, 1.165) is 11.8 Å². The quantitative estimate of drug-likeness (QED) is 0.777. The van der Waals surface area contributed by atoms with Crippen LogP contribution in [0.25, 0.3) is 0 Å². The minimum absolute atomic E-state index is 0.126. The Morgan fingerprint density at radius 2 is 1.96 bits per heavy atom. The van der Waals surface area contributed by atoms with Gasteiger partial charge in [-0.3, -0.25) is 0 Å². The summed E-state index contributed by atoms with van der Waals surface area (Å²) in [6.45, 7) is 3.83. The molecule has 1 N–H and O–H groups in total. The summed E-state index contributed by atoms with van der Waals surface area (Å²) in [4.78, 5) is 11.6. The molecule has 0 aliphatic rings. The molecule has 6 nitrogen and oxygen atoms in total. The second-order valence-electron chi connectivity index (χ2n) is 5.86. The topological polar surface area (TPSA) is 76.7 Å². The fourth-order valence-electron chi connectivity index (χ4n) is 2.75. The normalized spacial score (nSPS) is 15.0. The molecule has 0 spiro atoms. The minimum atomic E-state index is -1.41. The van der Waals surface area contributed by atoms with E-state index in [-0.39, 0.29) is 12.2 Å². The summed E-state index contributed by atoms with van der Waals surface area (Å²) in [5, 5.41) is 15.5. The number of aromatic nitrogens is 5. The lowest BCUT2D eigenvalue weighted by Crippen LogP contribution is -2.38. The van der Waals surface area contributed by atoms with Crippen molar-refractivity contribution in [3.05, 3.63) is 72.1 Å². The molecule has 2 heterocycles. The largest absolute Gasteiger partial charge is 0.383 e. The van der Waals surface area contributed by atoms with E-state index in [1.54, 1.807) is 6.92 Å². The summed E-state index contributed by atoms with van der Waals surface area (Å²) < 4.78 is 15.7. The molecular weight excluding hydrogens is 309 g/mol. The van der Waals surface area contributed by atoms with Crippen LogP contribution in [0, 0.1) is 12.7 Å². The molecule has 0 aliphatic heterocycles. The first-order chi connectivity index (χ1) is 11.5. The van der Waals surface area contributed by atoms with Crippen LogP contribution < -0.4 is 0 Å². The maximum atomic E-state index is 14.2. The fourth-order valence-corrected chi connectivity index (χ4v) is 2.75. The van der Waals surface area contributed by atoms with Crippen LogP contribution in [-0.4, -0.2) is 29.8 Å². The molecule has 1 aromatic carbocycles. The Balaban J connectivity index is 2.07. The number of aliphatic hydroxyl groups is 1. The molecule has 3 aromatic rings. The Morgan fingerprint density at radius 3 is 2.58 bits per heavy atom. The molecule has 2 unspecified atom stereocenters. The maximum Gasteiger partial charge on any atom is 0.163 e. The standard InChI is InChI=1S/C17H18FN5O/c1-12-3-5-14(6-4-12)17(24,8-23-11-20-10-22-23)13(2)16-15(18)7-19-9-21-16/h3-7,9-11,13,24H,8H2,1-2H3. The van der Waals surface area contributed by atoms with E-state index < -0.39 is 17.3 Å². The number of hydrogen-bond acceptors (Lipinski definition) is 5. The molecule has 0 amide bonds. The van der Waals surface area contributed by atoms with Crippen molar-refractivity contribution in [1.29, 1.82) is 0 Å². The molecule has 0 radical (unpaired) electrons. The molecule has 0 saturated heterocycles. The highest BCUT2D eigenvalue weighted by Gasteiger charge is 2.39. The second kappa shape index (κ2) is 6.45. The Bertz CT molecular complexity index is 806. The van der Waals surface area contributed by atoms with Crippen molar-refractivity contribution in [3.8, 4) is 0 Å². The van der Waals surface area contributed by atoms with Crippen molar-refractivity contribution < 1.29 is 9.50 Å². The highest BCUT2D eigenvalue weighted by molar-refractivity contribution is 5.30. The summed E-state index contributed by atoms with van der Waals surface area (Å²) in [7, 11) is 0. The molecular formula is C17H18FN5O. The average Bonchev–Trinajstić information content (AvgIpc) is 3.08. The van der Waals surface area contributed by atoms with Crippen LogP contribution >= 0.6 is 0 Å². The Labute approximate surface area is 139 Å². The lowest BCUT2D eigenvalue weighted by Gasteiger charge is -2.34. The summed E-state index contributed by atoms with van der Waals surface area (Å²) in [6.07, 6.45) is 5.29. The molecule has 2 aromatic heterocycles. The third-order valence-electron chi connectivity index (χ3n) is 4.24. The third-order valence-corrected chi connectivity index (χ3v) is 4.24. The summed E-state index contributed by atoms with van der Waals surface area (Å²) in [6, 6.07) is 7.49. The van der Waals surface area contributed by atoms with E-state index in [0.29, 0.717) is 5.56 Å². The van der Waals surface area contributed by atoms with E-state index in [1.165, 1.54) is 23.7 Å². The van der Waals surface area contributed by atoms with Crippen molar-refractivity contribution in [2.45, 2.75) is 31.9 Å². The molecule has 0 bridgehead atoms. The summed E-state index contributed by atoms with van der Waals surface area (Å²) >= 11 is 0. The second-order valence-corrected chi connectivity index (χ2v) is 5.86. The van der Waals surface area contributed by atoms with Crippen molar-refractivity contribution in [3.63, 3.8) is 0 Å². The van der Waals surface area contributed by atoms with Crippen LogP contribution in [-0.2, 0) is 12.1 Å². The number of nitrogens with zero attached hydrogens (tertiary/aromatic N) is 5. The molecule has 0 saturated carbocycles. The molecule has 24 heavy (non-hydrogen) atoms. The zero-order valence-corrected chi connectivity index (χ0v) is 13.5. The van der Waals surface area contributed by atoms with E-state index in [1.807, 2.05) is 31.2 Å². The van der Waals surface area contributed by atoms with Crippen LogP contribution in [0.4, 0.5) is 4.39 Å². The smallest absolute Gasteiger partial charge is 0.163 e.